The van der Waals surface area contributed by atoms with E-state index in [-0.39, 0.29) is 11.8 Å². The minimum atomic E-state index is -0.842. The molecule has 2 fully saturated rings. The van der Waals surface area contributed by atoms with Gasteiger partial charge >= 0.3 is 6.03 Å². The molecule has 0 bridgehead atoms. The lowest BCUT2D eigenvalue weighted by Gasteiger charge is -2.37. The summed E-state index contributed by atoms with van der Waals surface area (Å²) in [6, 6.07) is 6.76. The Balaban J connectivity index is 1.70. The van der Waals surface area contributed by atoms with Crippen molar-refractivity contribution in [3.63, 3.8) is 0 Å². The molecule has 2 aliphatic rings. The van der Waals surface area contributed by atoms with Crippen LogP contribution in [0.5, 0.6) is 0 Å². The zero-order valence-electron chi connectivity index (χ0n) is 11.2. The van der Waals surface area contributed by atoms with Crippen LogP contribution in [0.1, 0.15) is 23.2 Å². The van der Waals surface area contributed by atoms with Crippen LogP contribution in [0.2, 0.25) is 0 Å². The van der Waals surface area contributed by atoms with Gasteiger partial charge in [0.25, 0.3) is 11.8 Å². The van der Waals surface area contributed by atoms with Gasteiger partial charge in [0.1, 0.15) is 5.54 Å². The number of urea groups is 1. The molecule has 2 aliphatic heterocycles. The van der Waals surface area contributed by atoms with Gasteiger partial charge in [-0.05, 0) is 31.0 Å². The minimum absolute atomic E-state index is 0.0594. The third kappa shape index (κ3) is 2.53. The Hall–Kier alpha value is -1.89. The largest absolute Gasteiger partial charge is 0.338 e. The number of hydrogen-bond donors (Lipinski definition) is 2. The fourth-order valence-electron chi connectivity index (χ4n) is 2.78. The summed E-state index contributed by atoms with van der Waals surface area (Å²) in [6.07, 6.45) is 0.870. The van der Waals surface area contributed by atoms with Crippen LogP contribution >= 0.6 is 15.9 Å². The van der Waals surface area contributed by atoms with Crippen molar-refractivity contribution in [3.05, 3.63) is 34.3 Å². The van der Waals surface area contributed by atoms with Crippen molar-refractivity contribution in [2.24, 2.45) is 0 Å². The molecule has 21 heavy (non-hydrogen) atoms. The highest BCUT2D eigenvalue weighted by molar-refractivity contribution is 9.10. The van der Waals surface area contributed by atoms with Crippen LogP contribution in [-0.4, -0.2) is 41.4 Å². The number of likely N-dealkylation sites (tertiary alicyclic amines) is 1. The number of piperidine rings is 1. The summed E-state index contributed by atoms with van der Waals surface area (Å²) >= 11 is 3.35. The molecule has 0 saturated carbocycles. The topological polar surface area (TPSA) is 78.5 Å². The van der Waals surface area contributed by atoms with Crippen molar-refractivity contribution in [1.82, 2.24) is 15.5 Å². The second kappa shape index (κ2) is 5.14. The van der Waals surface area contributed by atoms with Gasteiger partial charge in [0.15, 0.2) is 0 Å². The average molecular weight is 352 g/mol. The van der Waals surface area contributed by atoms with Gasteiger partial charge in [-0.2, -0.15) is 0 Å². The lowest BCUT2D eigenvalue weighted by Crippen LogP contribution is -2.55. The van der Waals surface area contributed by atoms with Gasteiger partial charge < -0.3 is 10.2 Å². The van der Waals surface area contributed by atoms with E-state index >= 15 is 0 Å². The molecule has 2 saturated heterocycles. The van der Waals surface area contributed by atoms with Gasteiger partial charge in [0.05, 0.1) is 0 Å². The molecule has 0 atom stereocenters. The molecule has 3 rings (SSSR count). The van der Waals surface area contributed by atoms with E-state index in [0.717, 1.165) is 4.47 Å². The highest BCUT2D eigenvalue weighted by Gasteiger charge is 2.48. The standard InChI is InChI=1S/C14H14BrN3O3/c15-10-3-1-2-9(8-10)11(19)18-6-4-14(5-7-18)12(20)16-13(21)17-14/h1-3,8H,4-7H2,(H2,16,17,20,21). The second-order valence-electron chi connectivity index (χ2n) is 5.29. The van der Waals surface area contributed by atoms with E-state index in [1.54, 1.807) is 17.0 Å². The molecule has 0 aliphatic carbocycles. The van der Waals surface area contributed by atoms with Crippen LogP contribution in [0.25, 0.3) is 0 Å². The van der Waals surface area contributed by atoms with Crippen LogP contribution in [0.15, 0.2) is 28.7 Å². The lowest BCUT2D eigenvalue weighted by atomic mass is 9.87. The van der Waals surface area contributed by atoms with Crippen LogP contribution in [0, 0.1) is 0 Å². The number of nitrogens with zero attached hydrogens (tertiary/aromatic N) is 1. The summed E-state index contributed by atoms with van der Waals surface area (Å²) in [4.78, 5) is 37.3. The highest BCUT2D eigenvalue weighted by Crippen LogP contribution is 2.26. The average Bonchev–Trinajstić information content (AvgIpc) is 2.73. The molecule has 7 heteroatoms. The summed E-state index contributed by atoms with van der Waals surface area (Å²) in [5.41, 5.74) is -0.231. The molecule has 0 aromatic heterocycles. The number of carbonyl (C=O) groups is 3. The molecule has 2 heterocycles. The molecular formula is C14H14BrN3O3. The van der Waals surface area contributed by atoms with Crippen LogP contribution in [0.4, 0.5) is 4.79 Å². The highest BCUT2D eigenvalue weighted by atomic mass is 79.9. The Labute approximate surface area is 130 Å². The Morgan fingerprint density at radius 1 is 1.24 bits per heavy atom. The Kier molecular flexibility index (Phi) is 3.44. The quantitative estimate of drug-likeness (QED) is 0.747. The van der Waals surface area contributed by atoms with Crippen molar-refractivity contribution >= 4 is 33.8 Å². The zero-order valence-corrected chi connectivity index (χ0v) is 12.8. The number of halogens is 1. The molecule has 2 N–H and O–H groups in total. The fraction of sp³-hybridized carbons (Fsp3) is 0.357. The maximum Gasteiger partial charge on any atom is 0.322 e. The van der Waals surface area contributed by atoms with Gasteiger partial charge in [-0.15, -0.1) is 0 Å². The molecule has 1 aromatic rings. The molecule has 110 valence electrons. The third-order valence-electron chi connectivity index (χ3n) is 3.99. The van der Waals surface area contributed by atoms with E-state index in [9.17, 15) is 14.4 Å². The third-order valence-corrected chi connectivity index (χ3v) is 4.48. The van der Waals surface area contributed by atoms with E-state index in [0.29, 0.717) is 31.5 Å². The van der Waals surface area contributed by atoms with Crippen LogP contribution < -0.4 is 10.6 Å². The summed E-state index contributed by atoms with van der Waals surface area (Å²) in [5, 5.41) is 4.94. The first-order chi connectivity index (χ1) is 10.00. The number of benzene rings is 1. The Bertz CT molecular complexity index is 624. The number of rotatable bonds is 1. The van der Waals surface area contributed by atoms with E-state index in [1.807, 2.05) is 12.1 Å². The van der Waals surface area contributed by atoms with Crippen molar-refractivity contribution in [1.29, 1.82) is 0 Å². The lowest BCUT2D eigenvalue weighted by molar-refractivity contribution is -0.125. The van der Waals surface area contributed by atoms with Crippen molar-refractivity contribution in [3.8, 4) is 0 Å². The SMILES string of the molecule is O=C1NC(=O)C2(CCN(C(=O)c3cccc(Br)c3)CC2)N1. The van der Waals surface area contributed by atoms with Gasteiger partial charge in [-0.25, -0.2) is 4.79 Å². The number of amides is 4. The van der Waals surface area contributed by atoms with Crippen LogP contribution in [0.3, 0.4) is 0 Å². The van der Waals surface area contributed by atoms with Crippen molar-refractivity contribution in [2.45, 2.75) is 18.4 Å². The number of hydrogen-bond acceptors (Lipinski definition) is 3. The molecule has 4 amide bonds. The molecule has 6 nitrogen and oxygen atoms in total. The van der Waals surface area contributed by atoms with Gasteiger partial charge in [0.2, 0.25) is 0 Å². The van der Waals surface area contributed by atoms with E-state index in [4.69, 9.17) is 0 Å². The molecular weight excluding hydrogens is 338 g/mol. The predicted octanol–water partition coefficient (Wildman–Crippen LogP) is 1.26. The maximum absolute atomic E-state index is 12.4. The first-order valence-corrected chi connectivity index (χ1v) is 7.48. The fourth-order valence-corrected chi connectivity index (χ4v) is 3.18. The van der Waals surface area contributed by atoms with Gasteiger partial charge in [-0.3, -0.25) is 14.9 Å². The number of imide groups is 1. The maximum atomic E-state index is 12.4. The van der Waals surface area contributed by atoms with E-state index in [2.05, 4.69) is 26.6 Å². The Morgan fingerprint density at radius 2 is 1.95 bits per heavy atom. The van der Waals surface area contributed by atoms with Gasteiger partial charge in [0, 0.05) is 23.1 Å². The first-order valence-electron chi connectivity index (χ1n) is 6.69. The monoisotopic (exact) mass is 351 g/mol. The smallest absolute Gasteiger partial charge is 0.322 e. The van der Waals surface area contributed by atoms with Gasteiger partial charge in [-0.1, -0.05) is 22.0 Å². The predicted molar refractivity (Wildman–Crippen MR) is 78.7 cm³/mol. The molecule has 1 spiro atoms. The summed E-state index contributed by atoms with van der Waals surface area (Å²) in [5.74, 6) is -0.349. The summed E-state index contributed by atoms with van der Waals surface area (Å²) < 4.78 is 0.851. The van der Waals surface area contributed by atoms with Crippen molar-refractivity contribution in [2.75, 3.05) is 13.1 Å². The second-order valence-corrected chi connectivity index (χ2v) is 6.21. The van der Waals surface area contributed by atoms with E-state index in [1.165, 1.54) is 0 Å². The number of nitrogens with one attached hydrogen (secondary N) is 2. The molecule has 1 aromatic carbocycles. The Morgan fingerprint density at radius 3 is 2.52 bits per heavy atom. The first kappa shape index (κ1) is 14.1. The minimum Gasteiger partial charge on any atom is -0.338 e. The summed E-state index contributed by atoms with van der Waals surface area (Å²) in [6.45, 7) is 0.887. The van der Waals surface area contributed by atoms with Crippen molar-refractivity contribution < 1.29 is 14.4 Å². The van der Waals surface area contributed by atoms with Crippen LogP contribution in [-0.2, 0) is 4.79 Å². The van der Waals surface area contributed by atoms with E-state index < -0.39 is 11.6 Å². The molecule has 0 radical (unpaired) electrons. The summed E-state index contributed by atoms with van der Waals surface area (Å²) in [7, 11) is 0. The normalized spacial score (nSPS) is 20.3. The molecule has 0 unspecified atom stereocenters. The zero-order chi connectivity index (χ0) is 15.0. The number of carbonyl (C=O) groups excluding carboxylic acids is 3.